The van der Waals surface area contributed by atoms with E-state index in [-0.39, 0.29) is 41.2 Å². The van der Waals surface area contributed by atoms with Gasteiger partial charge in [-0.2, -0.15) is 0 Å². The average Bonchev–Trinajstić information content (AvgIpc) is 3.21. The lowest BCUT2D eigenvalue weighted by Crippen LogP contribution is -2.60. The summed E-state index contributed by atoms with van der Waals surface area (Å²) < 4.78 is 0. The number of urea groups is 1. The number of aromatic nitrogens is 1. The van der Waals surface area contributed by atoms with E-state index in [4.69, 9.17) is 0 Å². The van der Waals surface area contributed by atoms with Crippen molar-refractivity contribution < 1.29 is 19.2 Å². The van der Waals surface area contributed by atoms with Crippen LogP contribution < -0.4 is 26.8 Å². The third-order valence-electron chi connectivity index (χ3n) is 6.46. The molecular formula is C20H25N5O5. The standard InChI is InChI=1S/C20H25N5O5/c1-10-5-15(26)21-9-13(10)17(28)23-14-4-2-3-11(14)8-22-16(27)12-6-20(7-12)18(29)24-19(30)25-20/h5,9,11-12,14H,2-4,6-8H2,1H3,(H,21,26)(H,22,27)(H,23,28)(H2,24,25,29,30)/t11-,12?,14+,20?/m0/s1. The number of rotatable bonds is 5. The number of hydrogen-bond donors (Lipinski definition) is 5. The fourth-order valence-electron chi connectivity index (χ4n) is 4.69. The van der Waals surface area contributed by atoms with E-state index in [2.05, 4.69) is 26.3 Å². The van der Waals surface area contributed by atoms with Gasteiger partial charge in [0.05, 0.1) is 5.56 Å². The van der Waals surface area contributed by atoms with Crippen LogP contribution in [0.1, 0.15) is 48.0 Å². The number of nitrogens with one attached hydrogen (secondary N) is 5. The van der Waals surface area contributed by atoms with Gasteiger partial charge >= 0.3 is 6.03 Å². The van der Waals surface area contributed by atoms with Gasteiger partial charge in [0, 0.05) is 30.8 Å². The molecule has 0 radical (unpaired) electrons. The SMILES string of the molecule is Cc1cc(=O)[nH]cc1C(=O)N[C@@H]1CCC[C@H]1CNC(=O)C1CC2(C1)NC(=O)NC2=O. The molecule has 4 rings (SSSR count). The number of H-pyrrole nitrogens is 1. The Morgan fingerprint density at radius 3 is 2.63 bits per heavy atom. The minimum atomic E-state index is -0.933. The molecule has 2 aliphatic carbocycles. The molecule has 2 saturated carbocycles. The fraction of sp³-hybridized carbons (Fsp3) is 0.550. The molecule has 1 aliphatic heterocycles. The molecule has 10 heteroatoms. The van der Waals surface area contributed by atoms with Gasteiger partial charge in [0.2, 0.25) is 11.5 Å². The van der Waals surface area contributed by atoms with Crippen molar-refractivity contribution in [3.8, 4) is 0 Å². The third kappa shape index (κ3) is 3.69. The number of carbonyl (C=O) groups is 4. The molecule has 2 atom stereocenters. The van der Waals surface area contributed by atoms with Crippen LogP contribution >= 0.6 is 0 Å². The van der Waals surface area contributed by atoms with E-state index in [1.165, 1.54) is 12.3 Å². The summed E-state index contributed by atoms with van der Waals surface area (Å²) in [4.78, 5) is 62.1. The summed E-state index contributed by atoms with van der Waals surface area (Å²) in [5.74, 6) is -0.941. The number of aryl methyl sites for hydroxylation is 1. The molecule has 10 nitrogen and oxygen atoms in total. The summed E-state index contributed by atoms with van der Waals surface area (Å²) in [6.07, 6.45) is 4.69. The smallest absolute Gasteiger partial charge is 0.322 e. The summed E-state index contributed by atoms with van der Waals surface area (Å²) in [5.41, 5.74) is -0.141. The van der Waals surface area contributed by atoms with Crippen LogP contribution in [-0.4, -0.2) is 46.9 Å². The minimum Gasteiger partial charge on any atom is -0.356 e. The first-order chi connectivity index (χ1) is 14.3. The van der Waals surface area contributed by atoms with Gasteiger partial charge in [0.1, 0.15) is 5.54 Å². The van der Waals surface area contributed by atoms with Crippen molar-refractivity contribution in [2.24, 2.45) is 11.8 Å². The van der Waals surface area contributed by atoms with Gasteiger partial charge in [-0.1, -0.05) is 6.42 Å². The van der Waals surface area contributed by atoms with Crippen LogP contribution in [0.4, 0.5) is 4.79 Å². The first kappa shape index (κ1) is 20.1. The summed E-state index contributed by atoms with van der Waals surface area (Å²) in [6.45, 7) is 2.16. The van der Waals surface area contributed by atoms with Crippen LogP contribution in [0.3, 0.4) is 0 Å². The van der Waals surface area contributed by atoms with E-state index in [0.717, 1.165) is 19.3 Å². The van der Waals surface area contributed by atoms with Crippen molar-refractivity contribution in [3.63, 3.8) is 0 Å². The summed E-state index contributed by atoms with van der Waals surface area (Å²) in [5, 5.41) is 10.8. The van der Waals surface area contributed by atoms with Crippen molar-refractivity contribution in [2.75, 3.05) is 6.54 Å². The highest BCUT2D eigenvalue weighted by molar-refractivity contribution is 6.08. The Morgan fingerprint density at radius 1 is 1.20 bits per heavy atom. The van der Waals surface area contributed by atoms with Gasteiger partial charge in [0.15, 0.2) is 0 Å². The van der Waals surface area contributed by atoms with Crippen molar-refractivity contribution in [2.45, 2.75) is 50.6 Å². The van der Waals surface area contributed by atoms with E-state index in [1.807, 2.05) is 0 Å². The Bertz CT molecular complexity index is 965. The van der Waals surface area contributed by atoms with Crippen LogP contribution in [0.15, 0.2) is 17.1 Å². The molecule has 2 heterocycles. The first-order valence-corrected chi connectivity index (χ1v) is 10.2. The van der Waals surface area contributed by atoms with Crippen LogP contribution in [-0.2, 0) is 9.59 Å². The Kier molecular flexibility index (Phi) is 5.08. The second-order valence-electron chi connectivity index (χ2n) is 8.51. The number of hydrogen-bond acceptors (Lipinski definition) is 5. The van der Waals surface area contributed by atoms with Gasteiger partial charge in [-0.25, -0.2) is 4.79 Å². The van der Waals surface area contributed by atoms with Crippen molar-refractivity contribution >= 4 is 23.8 Å². The molecule has 0 unspecified atom stereocenters. The molecule has 3 fully saturated rings. The maximum Gasteiger partial charge on any atom is 0.322 e. The van der Waals surface area contributed by atoms with E-state index in [1.54, 1.807) is 6.92 Å². The van der Waals surface area contributed by atoms with Gasteiger partial charge < -0.3 is 20.9 Å². The molecule has 5 N–H and O–H groups in total. The molecule has 30 heavy (non-hydrogen) atoms. The third-order valence-corrected chi connectivity index (χ3v) is 6.46. The summed E-state index contributed by atoms with van der Waals surface area (Å²) >= 11 is 0. The molecule has 3 aliphatic rings. The van der Waals surface area contributed by atoms with Gasteiger partial charge in [-0.15, -0.1) is 0 Å². The lowest BCUT2D eigenvalue weighted by molar-refractivity contribution is -0.136. The quantitative estimate of drug-likeness (QED) is 0.418. The van der Waals surface area contributed by atoms with E-state index in [9.17, 15) is 24.0 Å². The van der Waals surface area contributed by atoms with Gasteiger partial charge in [-0.05, 0) is 44.1 Å². The number of pyridine rings is 1. The number of aromatic amines is 1. The Labute approximate surface area is 172 Å². The second-order valence-corrected chi connectivity index (χ2v) is 8.51. The zero-order valence-electron chi connectivity index (χ0n) is 16.7. The van der Waals surface area contributed by atoms with Gasteiger partial charge in [0.25, 0.3) is 11.8 Å². The second kappa shape index (κ2) is 7.58. The lowest BCUT2D eigenvalue weighted by atomic mass is 9.68. The minimum absolute atomic E-state index is 0.0586. The molecular weight excluding hydrogens is 390 g/mol. The van der Waals surface area contributed by atoms with E-state index < -0.39 is 11.6 Å². The van der Waals surface area contributed by atoms with Crippen molar-refractivity contribution in [1.82, 2.24) is 26.3 Å². The molecule has 1 aromatic rings. The number of carbonyl (C=O) groups excluding carboxylic acids is 4. The predicted molar refractivity (Wildman–Crippen MR) is 106 cm³/mol. The maximum atomic E-state index is 12.6. The molecule has 1 spiro atoms. The zero-order chi connectivity index (χ0) is 21.5. The van der Waals surface area contributed by atoms with Crippen molar-refractivity contribution in [1.29, 1.82) is 0 Å². The highest BCUT2D eigenvalue weighted by atomic mass is 16.2. The molecule has 160 valence electrons. The normalized spacial score (nSPS) is 29.8. The Morgan fingerprint density at radius 2 is 1.97 bits per heavy atom. The topological polar surface area (TPSA) is 149 Å². The van der Waals surface area contributed by atoms with Crippen LogP contribution in [0, 0.1) is 18.8 Å². The monoisotopic (exact) mass is 415 g/mol. The average molecular weight is 415 g/mol. The highest BCUT2D eigenvalue weighted by Gasteiger charge is 2.57. The van der Waals surface area contributed by atoms with E-state index >= 15 is 0 Å². The van der Waals surface area contributed by atoms with Crippen LogP contribution in [0.5, 0.6) is 0 Å². The molecule has 0 aromatic carbocycles. The first-order valence-electron chi connectivity index (χ1n) is 10.2. The highest BCUT2D eigenvalue weighted by Crippen LogP contribution is 2.40. The number of amides is 5. The Balaban J connectivity index is 1.28. The molecule has 5 amide bonds. The molecule has 1 saturated heterocycles. The molecule has 1 aromatic heterocycles. The number of imide groups is 1. The van der Waals surface area contributed by atoms with Gasteiger partial charge in [-0.3, -0.25) is 24.5 Å². The van der Waals surface area contributed by atoms with Crippen LogP contribution in [0.25, 0.3) is 0 Å². The largest absolute Gasteiger partial charge is 0.356 e. The lowest BCUT2D eigenvalue weighted by Gasteiger charge is -2.41. The van der Waals surface area contributed by atoms with Crippen molar-refractivity contribution in [3.05, 3.63) is 33.7 Å². The summed E-state index contributed by atoms with van der Waals surface area (Å²) in [7, 11) is 0. The summed E-state index contributed by atoms with van der Waals surface area (Å²) in [6, 6.07) is 0.817. The van der Waals surface area contributed by atoms with E-state index in [0.29, 0.717) is 30.5 Å². The maximum absolute atomic E-state index is 12.6. The fourth-order valence-corrected chi connectivity index (χ4v) is 4.69. The zero-order valence-corrected chi connectivity index (χ0v) is 16.7. The molecule has 0 bridgehead atoms. The van der Waals surface area contributed by atoms with Crippen LogP contribution in [0.2, 0.25) is 0 Å². The Hall–Kier alpha value is -3.17. The predicted octanol–water partition coefficient (Wildman–Crippen LogP) is -0.314.